The average molecular weight is 509 g/mol. The zero-order valence-corrected chi connectivity index (χ0v) is 22.4. The number of halogens is 2. The van der Waals surface area contributed by atoms with Crippen LogP contribution in [0, 0.1) is 6.92 Å². The van der Waals surface area contributed by atoms with Crippen molar-refractivity contribution in [3.63, 3.8) is 0 Å². The molecule has 1 aromatic heterocycles. The van der Waals surface area contributed by atoms with E-state index >= 15 is 0 Å². The van der Waals surface area contributed by atoms with Gasteiger partial charge in [0.25, 0.3) is 0 Å². The first-order valence-electron chi connectivity index (χ1n) is 13.0. The second-order valence-corrected chi connectivity index (χ2v) is 11.1. The third-order valence-corrected chi connectivity index (χ3v) is 8.13. The molecule has 1 unspecified atom stereocenters. The molecule has 2 aromatic rings. The summed E-state index contributed by atoms with van der Waals surface area (Å²) in [6.45, 7) is 7.27. The van der Waals surface area contributed by atoms with Crippen molar-refractivity contribution in [2.75, 3.05) is 13.1 Å². The van der Waals surface area contributed by atoms with E-state index in [9.17, 15) is 0 Å². The third kappa shape index (κ3) is 5.53. The molecule has 1 fully saturated rings. The minimum absolute atomic E-state index is 0.236. The standard InChI is InChI=1S/C30H35Cl2N3/c1-21-8-10-27-23(18-26(32)16-21)17-24(20-35-15-12-33-22(35)2)29-19-25(31)9-11-28(29)30(27)34-13-6-4-3-5-7-14-34/h9,11-12,15-19,30H,3-8,10,13-14,20H2,1-2H3/b21-16+,26-18+. The molecule has 0 N–H and O–H groups in total. The molecular formula is C30H35Cl2N3. The van der Waals surface area contributed by atoms with Crippen LogP contribution in [-0.4, -0.2) is 27.5 Å². The lowest BCUT2D eigenvalue weighted by Crippen LogP contribution is -2.34. The Balaban J connectivity index is 1.70. The molecule has 0 spiro atoms. The fraction of sp³-hybridized carbons (Fsp3) is 0.433. The first kappa shape index (κ1) is 24.6. The zero-order valence-electron chi connectivity index (χ0n) is 20.9. The normalized spacial score (nSPS) is 24.9. The van der Waals surface area contributed by atoms with Crippen molar-refractivity contribution in [1.29, 1.82) is 0 Å². The van der Waals surface area contributed by atoms with E-state index in [2.05, 4.69) is 70.9 Å². The summed E-state index contributed by atoms with van der Waals surface area (Å²) in [5.74, 6) is 1.01. The van der Waals surface area contributed by atoms with Crippen molar-refractivity contribution in [3.8, 4) is 0 Å². The van der Waals surface area contributed by atoms with Crippen molar-refractivity contribution < 1.29 is 0 Å². The van der Waals surface area contributed by atoms with Gasteiger partial charge in [-0.2, -0.15) is 0 Å². The lowest BCUT2D eigenvalue weighted by molar-refractivity contribution is 0.198. The summed E-state index contributed by atoms with van der Waals surface area (Å²) in [5.41, 5.74) is 7.95. The monoisotopic (exact) mass is 507 g/mol. The number of hydrogen-bond acceptors (Lipinski definition) is 2. The molecule has 0 amide bonds. The number of likely N-dealkylation sites (tertiary alicyclic amines) is 1. The summed E-state index contributed by atoms with van der Waals surface area (Å²) >= 11 is 13.4. The minimum Gasteiger partial charge on any atom is -0.331 e. The second-order valence-electron chi connectivity index (χ2n) is 10.2. The quantitative estimate of drug-likeness (QED) is 0.415. The zero-order chi connectivity index (χ0) is 24.4. The Morgan fingerprint density at radius 3 is 2.46 bits per heavy atom. The van der Waals surface area contributed by atoms with Gasteiger partial charge in [0.2, 0.25) is 0 Å². The Hall–Kier alpha value is -2.07. The highest BCUT2D eigenvalue weighted by Crippen LogP contribution is 2.44. The highest BCUT2D eigenvalue weighted by molar-refractivity contribution is 6.31. The summed E-state index contributed by atoms with van der Waals surface area (Å²) < 4.78 is 2.21. The van der Waals surface area contributed by atoms with Crippen molar-refractivity contribution in [3.05, 3.63) is 92.5 Å². The van der Waals surface area contributed by atoms with Gasteiger partial charge in [0.15, 0.2) is 0 Å². The van der Waals surface area contributed by atoms with E-state index in [0.717, 1.165) is 48.4 Å². The van der Waals surface area contributed by atoms with E-state index in [4.69, 9.17) is 23.2 Å². The predicted molar refractivity (Wildman–Crippen MR) is 148 cm³/mol. The van der Waals surface area contributed by atoms with Crippen LogP contribution in [0.4, 0.5) is 0 Å². The van der Waals surface area contributed by atoms with Crippen LogP contribution in [0.5, 0.6) is 0 Å². The van der Waals surface area contributed by atoms with E-state index in [1.54, 1.807) is 0 Å². The molecule has 184 valence electrons. The van der Waals surface area contributed by atoms with E-state index in [0.29, 0.717) is 0 Å². The molecule has 5 rings (SSSR count). The number of allylic oxidation sites excluding steroid dienone is 7. The number of hydrogen-bond donors (Lipinski definition) is 0. The summed E-state index contributed by atoms with van der Waals surface area (Å²) in [6.07, 6.45) is 19.2. The van der Waals surface area contributed by atoms with Gasteiger partial charge in [-0.3, -0.25) is 4.90 Å². The molecule has 0 saturated carbocycles. The SMILES string of the molecule is C/C1=C\C(Cl)=C/C2=C(CC1)C(N1CCCCCCC1)c1ccc(Cl)cc1C(Cn1ccnc1C)=C2. The van der Waals surface area contributed by atoms with Crippen LogP contribution in [-0.2, 0) is 6.54 Å². The average Bonchev–Trinajstić information content (AvgIpc) is 3.15. The van der Waals surface area contributed by atoms with Crippen LogP contribution in [0.1, 0.15) is 74.9 Å². The van der Waals surface area contributed by atoms with Crippen LogP contribution >= 0.6 is 23.2 Å². The fourth-order valence-electron chi connectivity index (χ4n) is 5.83. The lowest BCUT2D eigenvalue weighted by atomic mass is 9.86. The third-order valence-electron chi connectivity index (χ3n) is 7.67. The van der Waals surface area contributed by atoms with Gasteiger partial charge in [-0.25, -0.2) is 4.98 Å². The maximum absolute atomic E-state index is 6.77. The topological polar surface area (TPSA) is 21.1 Å². The summed E-state index contributed by atoms with van der Waals surface area (Å²) in [4.78, 5) is 7.20. The maximum Gasteiger partial charge on any atom is 0.105 e. The van der Waals surface area contributed by atoms with Gasteiger partial charge < -0.3 is 4.57 Å². The molecule has 2 aliphatic carbocycles. The highest BCUT2D eigenvalue weighted by atomic mass is 35.5. The van der Waals surface area contributed by atoms with Crippen LogP contribution in [0.25, 0.3) is 5.57 Å². The summed E-state index contributed by atoms with van der Waals surface area (Å²) in [5, 5.41) is 1.59. The van der Waals surface area contributed by atoms with Crippen LogP contribution in [0.15, 0.2) is 70.6 Å². The molecule has 3 aliphatic rings. The first-order valence-corrected chi connectivity index (χ1v) is 13.7. The molecule has 1 aliphatic heterocycles. The number of rotatable bonds is 3. The number of nitrogens with zero attached hydrogens (tertiary/aromatic N) is 3. The maximum atomic E-state index is 6.77. The Morgan fingerprint density at radius 2 is 1.71 bits per heavy atom. The van der Waals surface area contributed by atoms with Crippen molar-refractivity contribution in [2.24, 2.45) is 0 Å². The Bertz CT molecular complexity index is 1210. The van der Waals surface area contributed by atoms with Gasteiger partial charge in [0, 0.05) is 29.0 Å². The molecule has 5 heteroatoms. The predicted octanol–water partition coefficient (Wildman–Crippen LogP) is 8.41. The first-order chi connectivity index (χ1) is 17.0. The molecule has 1 aromatic carbocycles. The molecular weight excluding hydrogens is 473 g/mol. The smallest absolute Gasteiger partial charge is 0.105 e. The largest absolute Gasteiger partial charge is 0.331 e. The van der Waals surface area contributed by atoms with Gasteiger partial charge >= 0.3 is 0 Å². The number of fused-ring (bicyclic) bond motifs is 1. The highest BCUT2D eigenvalue weighted by Gasteiger charge is 2.31. The van der Waals surface area contributed by atoms with Crippen molar-refractivity contribution in [1.82, 2.24) is 14.5 Å². The van der Waals surface area contributed by atoms with Crippen LogP contribution in [0.3, 0.4) is 0 Å². The Kier molecular flexibility index (Phi) is 7.67. The van der Waals surface area contributed by atoms with E-state index in [1.165, 1.54) is 65.5 Å². The molecule has 0 radical (unpaired) electrons. The fourth-order valence-corrected chi connectivity index (χ4v) is 6.30. The molecule has 35 heavy (non-hydrogen) atoms. The lowest BCUT2D eigenvalue weighted by Gasteiger charge is -2.36. The Morgan fingerprint density at radius 1 is 0.943 bits per heavy atom. The molecule has 2 heterocycles. The molecule has 1 saturated heterocycles. The number of aromatic nitrogens is 2. The molecule has 3 nitrogen and oxygen atoms in total. The van der Waals surface area contributed by atoms with E-state index < -0.39 is 0 Å². The number of benzene rings is 1. The van der Waals surface area contributed by atoms with Gasteiger partial charge in [-0.15, -0.1) is 0 Å². The van der Waals surface area contributed by atoms with Gasteiger partial charge in [0.1, 0.15) is 5.82 Å². The van der Waals surface area contributed by atoms with Crippen LogP contribution in [0.2, 0.25) is 5.02 Å². The van der Waals surface area contributed by atoms with Gasteiger partial charge in [-0.05, 0) is 111 Å². The molecule has 0 bridgehead atoms. The van der Waals surface area contributed by atoms with Crippen LogP contribution < -0.4 is 0 Å². The van der Waals surface area contributed by atoms with Crippen molar-refractivity contribution in [2.45, 2.75) is 71.4 Å². The number of imidazole rings is 1. The second kappa shape index (κ2) is 10.9. The van der Waals surface area contributed by atoms with Gasteiger partial charge in [-0.1, -0.05) is 54.1 Å². The van der Waals surface area contributed by atoms with Gasteiger partial charge in [0.05, 0.1) is 6.04 Å². The minimum atomic E-state index is 0.236. The Labute approximate surface area is 219 Å². The van der Waals surface area contributed by atoms with E-state index in [1.807, 2.05) is 6.20 Å². The summed E-state index contributed by atoms with van der Waals surface area (Å²) in [6, 6.07) is 6.75. The number of aryl methyl sites for hydroxylation is 1. The summed E-state index contributed by atoms with van der Waals surface area (Å²) in [7, 11) is 0. The van der Waals surface area contributed by atoms with E-state index in [-0.39, 0.29) is 6.04 Å². The van der Waals surface area contributed by atoms with Crippen molar-refractivity contribution >= 4 is 28.8 Å². The molecule has 1 atom stereocenters.